The molecule has 0 radical (unpaired) electrons. The van der Waals surface area contributed by atoms with E-state index in [1.54, 1.807) is 6.92 Å². The molecule has 0 spiro atoms. The number of hydrogen-bond acceptors (Lipinski definition) is 3. The van der Waals surface area contributed by atoms with Gasteiger partial charge in [-0.05, 0) is 25.3 Å². The van der Waals surface area contributed by atoms with E-state index in [2.05, 4.69) is 26.1 Å². The van der Waals surface area contributed by atoms with E-state index in [1.165, 1.54) is 0 Å². The predicted octanol–water partition coefficient (Wildman–Crippen LogP) is 1.84. The zero-order valence-electron chi connectivity index (χ0n) is 10.4. The van der Waals surface area contributed by atoms with Gasteiger partial charge in [0.2, 0.25) is 0 Å². The highest BCUT2D eigenvalue weighted by Gasteiger charge is 2.10. The molecule has 0 heterocycles. The topological polar surface area (TPSA) is 46.2 Å². The average molecular weight is 235 g/mol. The van der Waals surface area contributed by atoms with Crippen molar-refractivity contribution in [2.45, 2.75) is 46.6 Å². The number of hydrogen-bond donors (Lipinski definition) is 1. The molecule has 0 aliphatic carbocycles. The van der Waals surface area contributed by atoms with Gasteiger partial charge < -0.3 is 5.32 Å². The minimum atomic E-state index is -2.78. The van der Waals surface area contributed by atoms with Crippen LogP contribution >= 0.6 is 0 Å². The second kappa shape index (κ2) is 7.23. The molecule has 0 aliphatic heterocycles. The second-order valence-corrected chi connectivity index (χ2v) is 7.00. The second-order valence-electron chi connectivity index (χ2n) is 4.53. The third-order valence-electron chi connectivity index (χ3n) is 2.55. The van der Waals surface area contributed by atoms with Gasteiger partial charge in [0.15, 0.2) is 0 Å². The molecule has 92 valence electrons. The van der Waals surface area contributed by atoms with Crippen LogP contribution in [0.15, 0.2) is 0 Å². The molecular formula is C11H25NO2S. The van der Waals surface area contributed by atoms with E-state index in [1.807, 2.05) is 0 Å². The van der Waals surface area contributed by atoms with Crippen molar-refractivity contribution in [1.82, 2.24) is 5.32 Å². The van der Waals surface area contributed by atoms with Crippen LogP contribution in [0.4, 0.5) is 0 Å². The van der Waals surface area contributed by atoms with Crippen LogP contribution in [0.5, 0.6) is 0 Å². The molecule has 0 aromatic rings. The van der Waals surface area contributed by atoms with Gasteiger partial charge in [-0.15, -0.1) is 0 Å². The lowest BCUT2D eigenvalue weighted by Gasteiger charge is -2.13. The predicted molar refractivity (Wildman–Crippen MR) is 65.9 cm³/mol. The summed E-state index contributed by atoms with van der Waals surface area (Å²) in [5.74, 6) is 1.09. The summed E-state index contributed by atoms with van der Waals surface area (Å²) in [6.07, 6.45) is 1.84. The van der Waals surface area contributed by atoms with Crippen molar-refractivity contribution in [3.05, 3.63) is 0 Å². The zero-order chi connectivity index (χ0) is 11.9. The standard InChI is InChI=1S/C11H25NO2S/c1-5-15(13,14)9-7-11(4)6-8-12-10(2)3/h10-12H,5-9H2,1-4H3. The summed E-state index contributed by atoms with van der Waals surface area (Å²) in [5, 5.41) is 3.34. The molecule has 0 rings (SSSR count). The maximum absolute atomic E-state index is 11.3. The third kappa shape index (κ3) is 8.88. The lowest BCUT2D eigenvalue weighted by atomic mass is 10.1. The van der Waals surface area contributed by atoms with Crippen molar-refractivity contribution in [2.75, 3.05) is 18.1 Å². The van der Waals surface area contributed by atoms with E-state index in [4.69, 9.17) is 0 Å². The third-order valence-corrected chi connectivity index (χ3v) is 4.29. The van der Waals surface area contributed by atoms with Gasteiger partial charge in [0, 0.05) is 11.8 Å². The van der Waals surface area contributed by atoms with Crippen LogP contribution in [-0.2, 0) is 9.84 Å². The van der Waals surface area contributed by atoms with E-state index in [-0.39, 0.29) is 5.75 Å². The smallest absolute Gasteiger partial charge is 0.150 e. The first-order valence-corrected chi connectivity index (χ1v) is 7.63. The summed E-state index contributed by atoms with van der Waals surface area (Å²) in [6, 6.07) is 0.511. The van der Waals surface area contributed by atoms with Crippen molar-refractivity contribution >= 4 is 9.84 Å². The van der Waals surface area contributed by atoms with Crippen LogP contribution in [0, 0.1) is 5.92 Å². The van der Waals surface area contributed by atoms with Gasteiger partial charge in [0.25, 0.3) is 0 Å². The molecule has 0 amide bonds. The Hall–Kier alpha value is -0.0900. The Morgan fingerprint density at radius 1 is 1.13 bits per heavy atom. The fourth-order valence-electron chi connectivity index (χ4n) is 1.29. The van der Waals surface area contributed by atoms with Crippen molar-refractivity contribution in [3.63, 3.8) is 0 Å². The van der Waals surface area contributed by atoms with Crippen molar-refractivity contribution < 1.29 is 8.42 Å². The van der Waals surface area contributed by atoms with Crippen LogP contribution in [-0.4, -0.2) is 32.5 Å². The first-order chi connectivity index (χ1) is 6.87. The minimum Gasteiger partial charge on any atom is -0.315 e. The molecule has 1 N–H and O–H groups in total. The molecule has 0 aromatic carbocycles. The first-order valence-electron chi connectivity index (χ1n) is 5.81. The Labute approximate surface area is 94.6 Å². The average Bonchev–Trinajstić information content (AvgIpc) is 2.14. The molecule has 0 aliphatic rings. The van der Waals surface area contributed by atoms with E-state index < -0.39 is 9.84 Å². The monoisotopic (exact) mass is 235 g/mol. The highest BCUT2D eigenvalue weighted by atomic mass is 32.2. The maximum Gasteiger partial charge on any atom is 0.150 e. The summed E-state index contributed by atoms with van der Waals surface area (Å²) in [6.45, 7) is 9.04. The fourth-order valence-corrected chi connectivity index (χ4v) is 2.34. The van der Waals surface area contributed by atoms with Gasteiger partial charge >= 0.3 is 0 Å². The number of sulfone groups is 1. The molecule has 4 heteroatoms. The molecule has 0 bridgehead atoms. The Kier molecular flexibility index (Phi) is 7.18. The molecule has 0 saturated heterocycles. The van der Waals surface area contributed by atoms with Crippen LogP contribution in [0.2, 0.25) is 0 Å². The fraction of sp³-hybridized carbons (Fsp3) is 1.00. The lowest BCUT2D eigenvalue weighted by Crippen LogP contribution is -2.25. The molecule has 1 unspecified atom stereocenters. The summed E-state index contributed by atoms with van der Waals surface area (Å²) in [4.78, 5) is 0. The van der Waals surface area contributed by atoms with Gasteiger partial charge in [-0.25, -0.2) is 8.42 Å². The van der Waals surface area contributed by atoms with Crippen LogP contribution < -0.4 is 5.32 Å². The summed E-state index contributed by atoms with van der Waals surface area (Å²) < 4.78 is 22.5. The molecule has 0 aromatic heterocycles. The van der Waals surface area contributed by atoms with Gasteiger partial charge in [-0.1, -0.05) is 27.7 Å². The first kappa shape index (κ1) is 14.9. The van der Waals surface area contributed by atoms with E-state index in [9.17, 15) is 8.42 Å². The van der Waals surface area contributed by atoms with Gasteiger partial charge in [-0.3, -0.25) is 0 Å². The van der Waals surface area contributed by atoms with Crippen molar-refractivity contribution in [1.29, 1.82) is 0 Å². The Morgan fingerprint density at radius 2 is 1.73 bits per heavy atom. The highest BCUT2D eigenvalue weighted by molar-refractivity contribution is 7.91. The van der Waals surface area contributed by atoms with E-state index in [0.29, 0.717) is 17.7 Å². The summed E-state index contributed by atoms with van der Waals surface area (Å²) in [7, 11) is -2.78. The van der Waals surface area contributed by atoms with E-state index >= 15 is 0 Å². The molecule has 0 fully saturated rings. The van der Waals surface area contributed by atoms with E-state index in [0.717, 1.165) is 19.4 Å². The highest BCUT2D eigenvalue weighted by Crippen LogP contribution is 2.08. The van der Waals surface area contributed by atoms with Crippen molar-refractivity contribution in [3.8, 4) is 0 Å². The lowest BCUT2D eigenvalue weighted by molar-refractivity contribution is 0.466. The molecule has 0 saturated carbocycles. The molecule has 1 atom stereocenters. The van der Waals surface area contributed by atoms with Gasteiger partial charge in [0.1, 0.15) is 9.84 Å². The molecule has 15 heavy (non-hydrogen) atoms. The van der Waals surface area contributed by atoms with Crippen LogP contribution in [0.1, 0.15) is 40.5 Å². The summed E-state index contributed by atoms with van der Waals surface area (Å²) >= 11 is 0. The minimum absolute atomic E-state index is 0.268. The number of nitrogens with one attached hydrogen (secondary N) is 1. The summed E-state index contributed by atoms with van der Waals surface area (Å²) in [5.41, 5.74) is 0. The van der Waals surface area contributed by atoms with Crippen LogP contribution in [0.3, 0.4) is 0 Å². The Balaban J connectivity index is 3.62. The molecule has 3 nitrogen and oxygen atoms in total. The quantitative estimate of drug-likeness (QED) is 0.698. The largest absolute Gasteiger partial charge is 0.315 e. The maximum atomic E-state index is 11.3. The Morgan fingerprint density at radius 3 is 2.20 bits per heavy atom. The van der Waals surface area contributed by atoms with Gasteiger partial charge in [-0.2, -0.15) is 0 Å². The SMILES string of the molecule is CCS(=O)(=O)CCC(C)CCNC(C)C. The normalized spacial score (nSPS) is 14.5. The van der Waals surface area contributed by atoms with Gasteiger partial charge in [0.05, 0.1) is 5.75 Å². The van der Waals surface area contributed by atoms with Crippen LogP contribution in [0.25, 0.3) is 0 Å². The van der Waals surface area contributed by atoms with Crippen molar-refractivity contribution in [2.24, 2.45) is 5.92 Å². The number of rotatable bonds is 8. The molecular weight excluding hydrogens is 210 g/mol. The Bertz CT molecular complexity index is 247. The zero-order valence-corrected chi connectivity index (χ0v) is 11.2.